The lowest BCUT2D eigenvalue weighted by atomic mass is 10.1. The number of hydrogen-bond donors (Lipinski definition) is 1. The number of para-hydroxylation sites is 1. The minimum Gasteiger partial charge on any atom is -0.462 e. The molecule has 1 aliphatic heterocycles. The number of benzene rings is 3. The fraction of sp³-hybridized carbons (Fsp3) is 0.214. The monoisotopic (exact) mass is 485 g/mol. The van der Waals surface area contributed by atoms with Crippen LogP contribution in [0.1, 0.15) is 40.4 Å². The molecule has 0 unspecified atom stereocenters. The highest BCUT2D eigenvalue weighted by Gasteiger charge is 2.19. The molecule has 7 heteroatoms. The van der Waals surface area contributed by atoms with Crippen molar-refractivity contribution < 1.29 is 14.3 Å². The maximum atomic E-state index is 12.8. The van der Waals surface area contributed by atoms with Crippen LogP contribution in [0.25, 0.3) is 0 Å². The first kappa shape index (κ1) is 24.4. The van der Waals surface area contributed by atoms with E-state index in [0.29, 0.717) is 17.7 Å². The number of rotatable bonds is 6. The number of aryl methyl sites for hydroxylation is 2. The molecule has 0 radical (unpaired) electrons. The van der Waals surface area contributed by atoms with Gasteiger partial charge in [-0.05, 0) is 61.7 Å². The minimum absolute atomic E-state index is 0.151. The molecule has 178 valence electrons. The molecule has 1 amide bonds. The summed E-state index contributed by atoms with van der Waals surface area (Å²) in [5.74, 6) is -0.537. The van der Waals surface area contributed by atoms with Gasteiger partial charge in [-0.2, -0.15) is 0 Å². The molecule has 3 aromatic carbocycles. The number of esters is 1. The molecule has 0 atom stereocenters. The number of nitrogens with one attached hydrogen (secondary N) is 1. The average molecular weight is 486 g/mol. The Hall–Kier alpha value is -3.71. The van der Waals surface area contributed by atoms with E-state index in [1.54, 1.807) is 31.2 Å². The summed E-state index contributed by atoms with van der Waals surface area (Å²) >= 11 is 1.38. The van der Waals surface area contributed by atoms with Crippen LogP contribution in [0, 0.1) is 13.8 Å². The second-order valence-electron chi connectivity index (χ2n) is 8.13. The first-order chi connectivity index (χ1) is 16.9. The normalized spacial score (nSPS) is 12.7. The number of thioether (sulfide) groups is 1. The Labute approximate surface area is 209 Å². The van der Waals surface area contributed by atoms with Gasteiger partial charge in [0, 0.05) is 6.42 Å². The number of anilines is 1. The number of aliphatic imine (C=N–C) groups is 2. The largest absolute Gasteiger partial charge is 0.462 e. The Kier molecular flexibility index (Phi) is 7.77. The van der Waals surface area contributed by atoms with E-state index in [1.807, 2.05) is 36.4 Å². The maximum Gasteiger partial charge on any atom is 0.340 e. The first-order valence-corrected chi connectivity index (χ1v) is 12.4. The van der Waals surface area contributed by atoms with Crippen LogP contribution in [-0.4, -0.2) is 35.0 Å². The van der Waals surface area contributed by atoms with Crippen LogP contribution in [0.5, 0.6) is 0 Å². The molecule has 0 bridgehead atoms. The van der Waals surface area contributed by atoms with Crippen LogP contribution in [0.3, 0.4) is 0 Å². The number of ether oxygens (including phenoxy) is 1. The fourth-order valence-electron chi connectivity index (χ4n) is 3.66. The third-order valence-electron chi connectivity index (χ3n) is 5.58. The van der Waals surface area contributed by atoms with Gasteiger partial charge in [-0.15, -0.1) is 11.8 Å². The Balaban J connectivity index is 1.54. The van der Waals surface area contributed by atoms with E-state index < -0.39 is 5.97 Å². The maximum absolute atomic E-state index is 12.8. The molecule has 0 aromatic heterocycles. The molecule has 1 heterocycles. The second kappa shape index (κ2) is 11.1. The summed E-state index contributed by atoms with van der Waals surface area (Å²) in [6, 6.07) is 21.0. The Morgan fingerprint density at radius 1 is 0.943 bits per heavy atom. The van der Waals surface area contributed by atoms with Crippen LogP contribution < -0.4 is 5.32 Å². The topological polar surface area (TPSA) is 80.1 Å². The van der Waals surface area contributed by atoms with Crippen molar-refractivity contribution in [3.63, 3.8) is 0 Å². The quantitative estimate of drug-likeness (QED) is 0.409. The van der Waals surface area contributed by atoms with E-state index in [9.17, 15) is 9.59 Å². The average Bonchev–Trinajstić information content (AvgIpc) is 3.03. The Bertz CT molecular complexity index is 1320. The molecule has 1 aliphatic rings. The molecule has 35 heavy (non-hydrogen) atoms. The van der Waals surface area contributed by atoms with Gasteiger partial charge in [-0.25, -0.2) is 9.79 Å². The highest BCUT2D eigenvalue weighted by molar-refractivity contribution is 8.14. The third-order valence-corrected chi connectivity index (χ3v) is 6.56. The number of nitrogens with zero attached hydrogens (tertiary/aromatic N) is 2. The van der Waals surface area contributed by atoms with Crippen molar-refractivity contribution in [3.8, 4) is 0 Å². The van der Waals surface area contributed by atoms with Crippen LogP contribution >= 0.6 is 11.8 Å². The SMILES string of the molecule is CCOC(=O)c1ccccc1NC(=O)CSC1=Nc2cc(C)c(C)cc2N=C(c2ccccc2)C1. The minimum atomic E-state index is -0.463. The van der Waals surface area contributed by atoms with Gasteiger partial charge in [0.15, 0.2) is 0 Å². The standard InChI is InChI=1S/C28H27N3O3S/c1-4-34-28(33)21-12-8-9-13-22(21)30-26(32)17-35-27-16-23(20-10-6-5-7-11-20)29-24-14-18(2)19(3)15-25(24)31-27/h5-15H,4,16-17H2,1-3H3,(H,30,32). The lowest BCUT2D eigenvalue weighted by molar-refractivity contribution is -0.113. The summed E-state index contributed by atoms with van der Waals surface area (Å²) < 4.78 is 5.10. The van der Waals surface area contributed by atoms with Gasteiger partial charge in [0.25, 0.3) is 0 Å². The van der Waals surface area contributed by atoms with E-state index in [0.717, 1.165) is 38.8 Å². The van der Waals surface area contributed by atoms with Crippen molar-refractivity contribution in [1.29, 1.82) is 0 Å². The number of hydrogen-bond acceptors (Lipinski definition) is 6. The fourth-order valence-corrected chi connectivity index (χ4v) is 4.43. The molecular weight excluding hydrogens is 458 g/mol. The summed E-state index contributed by atoms with van der Waals surface area (Å²) in [6.45, 7) is 6.13. The van der Waals surface area contributed by atoms with Gasteiger partial charge in [-0.3, -0.25) is 9.79 Å². The molecule has 4 rings (SSSR count). The van der Waals surface area contributed by atoms with Crippen LogP contribution in [-0.2, 0) is 9.53 Å². The van der Waals surface area contributed by atoms with E-state index in [1.165, 1.54) is 11.8 Å². The molecule has 0 fully saturated rings. The van der Waals surface area contributed by atoms with Crippen molar-refractivity contribution >= 4 is 51.5 Å². The van der Waals surface area contributed by atoms with Crippen molar-refractivity contribution in [1.82, 2.24) is 0 Å². The van der Waals surface area contributed by atoms with Crippen molar-refractivity contribution in [2.45, 2.75) is 27.2 Å². The molecule has 6 nitrogen and oxygen atoms in total. The van der Waals surface area contributed by atoms with E-state index >= 15 is 0 Å². The smallest absolute Gasteiger partial charge is 0.340 e. The van der Waals surface area contributed by atoms with Crippen LogP contribution in [0.2, 0.25) is 0 Å². The summed E-state index contributed by atoms with van der Waals surface area (Å²) in [4.78, 5) is 34.8. The van der Waals surface area contributed by atoms with E-state index in [-0.39, 0.29) is 18.3 Å². The van der Waals surface area contributed by atoms with Gasteiger partial charge < -0.3 is 10.1 Å². The molecule has 1 N–H and O–H groups in total. The molecule has 0 spiro atoms. The number of carbonyl (C=O) groups is 2. The van der Waals surface area contributed by atoms with Crippen molar-refractivity contribution in [3.05, 3.63) is 89.0 Å². The number of amides is 1. The zero-order valence-electron chi connectivity index (χ0n) is 20.0. The summed E-state index contributed by atoms with van der Waals surface area (Å²) in [6.07, 6.45) is 0.522. The third kappa shape index (κ3) is 6.05. The molecular formula is C28H27N3O3S. The molecule has 0 saturated heterocycles. The lowest BCUT2D eigenvalue weighted by Crippen LogP contribution is -2.18. The predicted molar refractivity (Wildman–Crippen MR) is 144 cm³/mol. The predicted octanol–water partition coefficient (Wildman–Crippen LogP) is 6.41. The molecule has 0 aliphatic carbocycles. The molecule has 0 saturated carbocycles. The number of carbonyl (C=O) groups excluding carboxylic acids is 2. The highest BCUT2D eigenvalue weighted by atomic mass is 32.2. The van der Waals surface area contributed by atoms with E-state index in [2.05, 4.69) is 25.2 Å². The zero-order valence-corrected chi connectivity index (χ0v) is 20.8. The second-order valence-corrected chi connectivity index (χ2v) is 9.18. The first-order valence-electron chi connectivity index (χ1n) is 11.4. The van der Waals surface area contributed by atoms with Crippen LogP contribution in [0.4, 0.5) is 17.1 Å². The lowest BCUT2D eigenvalue weighted by Gasteiger charge is -2.11. The van der Waals surface area contributed by atoms with Crippen molar-refractivity contribution in [2.75, 3.05) is 17.7 Å². The van der Waals surface area contributed by atoms with Gasteiger partial charge in [-0.1, -0.05) is 42.5 Å². The highest BCUT2D eigenvalue weighted by Crippen LogP contribution is 2.36. The summed E-state index contributed by atoms with van der Waals surface area (Å²) in [5, 5.41) is 3.65. The zero-order chi connectivity index (χ0) is 24.8. The molecule has 3 aromatic rings. The summed E-state index contributed by atoms with van der Waals surface area (Å²) in [7, 11) is 0. The van der Waals surface area contributed by atoms with Crippen molar-refractivity contribution in [2.24, 2.45) is 9.98 Å². The van der Waals surface area contributed by atoms with Gasteiger partial charge >= 0.3 is 5.97 Å². The van der Waals surface area contributed by atoms with E-state index in [4.69, 9.17) is 14.7 Å². The Morgan fingerprint density at radius 2 is 1.60 bits per heavy atom. The van der Waals surface area contributed by atoms with Gasteiger partial charge in [0.1, 0.15) is 0 Å². The van der Waals surface area contributed by atoms with Crippen LogP contribution in [0.15, 0.2) is 76.7 Å². The van der Waals surface area contributed by atoms with Gasteiger partial charge in [0.2, 0.25) is 5.91 Å². The summed E-state index contributed by atoms with van der Waals surface area (Å²) in [5.41, 5.74) is 6.63. The van der Waals surface area contributed by atoms with Gasteiger partial charge in [0.05, 0.1) is 45.7 Å². The Morgan fingerprint density at radius 3 is 2.31 bits per heavy atom. The number of fused-ring (bicyclic) bond motifs is 1.